The van der Waals surface area contributed by atoms with Crippen molar-refractivity contribution in [3.63, 3.8) is 0 Å². The second-order valence-electron chi connectivity index (χ2n) is 2.81. The van der Waals surface area contributed by atoms with Crippen LogP contribution in [0.4, 0.5) is 0 Å². The second-order valence-corrected chi connectivity index (χ2v) is 2.81. The van der Waals surface area contributed by atoms with Crippen LogP contribution in [0, 0.1) is 13.0 Å². The van der Waals surface area contributed by atoms with Crippen molar-refractivity contribution in [1.82, 2.24) is 0 Å². The summed E-state index contributed by atoms with van der Waals surface area (Å²) in [7, 11) is 0. The molecule has 0 aliphatic carbocycles. The Morgan fingerprint density at radius 2 is 1.40 bits per heavy atom. The van der Waals surface area contributed by atoms with Gasteiger partial charge in [-0.2, -0.15) is 42.8 Å². The molecule has 0 saturated carbocycles. The molecule has 1 heteroatoms. The molecule has 2 aromatic rings. The van der Waals surface area contributed by atoms with Gasteiger partial charge in [0.05, 0.1) is 0 Å². The summed E-state index contributed by atoms with van der Waals surface area (Å²) in [5, 5.41) is 0. The van der Waals surface area contributed by atoms with E-state index in [-0.39, 0.29) is 21.1 Å². The van der Waals surface area contributed by atoms with Crippen LogP contribution in [-0.4, -0.2) is 0 Å². The molecule has 0 aliphatic rings. The van der Waals surface area contributed by atoms with E-state index in [0.29, 0.717) is 0 Å². The van der Waals surface area contributed by atoms with E-state index in [1.54, 1.807) is 0 Å². The topological polar surface area (TPSA) is 0 Å². The minimum absolute atomic E-state index is 0. The molecule has 0 atom stereocenters. The van der Waals surface area contributed by atoms with E-state index in [2.05, 4.69) is 25.1 Å². The molecule has 76 valence electrons. The van der Waals surface area contributed by atoms with Gasteiger partial charge in [-0.25, -0.2) is 0 Å². The van der Waals surface area contributed by atoms with Gasteiger partial charge in [0.1, 0.15) is 0 Å². The van der Waals surface area contributed by atoms with Gasteiger partial charge in [0, 0.05) is 0 Å². The Labute approximate surface area is 107 Å². The van der Waals surface area contributed by atoms with Crippen molar-refractivity contribution >= 4 is 0 Å². The molecule has 0 saturated heterocycles. The average Bonchev–Trinajstić information content (AvgIpc) is 2.33. The summed E-state index contributed by atoms with van der Waals surface area (Å²) < 4.78 is 0. The molecule has 0 fully saturated rings. The fourth-order valence-electron chi connectivity index (χ4n) is 0.987. The van der Waals surface area contributed by atoms with Gasteiger partial charge in [-0.3, -0.25) is 0 Å². The van der Waals surface area contributed by atoms with Crippen LogP contribution in [0.2, 0.25) is 0 Å². The monoisotopic (exact) mass is 280 g/mol. The first-order chi connectivity index (χ1) is 6.93. The van der Waals surface area contributed by atoms with Gasteiger partial charge in [-0.15, -0.1) is 0 Å². The molecule has 2 aromatic carbocycles. The third kappa shape index (κ3) is 7.10. The molecule has 0 amide bonds. The standard InChI is InChI=1S/C8H9.C6H5.Mo/c1-2-8-6-4-3-5-7-8;1-2-4-6-5-3-1;/h3-7H,1-2H2;1-5H;/q2*-1;+2. The Morgan fingerprint density at radius 3 is 1.67 bits per heavy atom. The van der Waals surface area contributed by atoms with Gasteiger partial charge in [0.2, 0.25) is 0 Å². The summed E-state index contributed by atoms with van der Waals surface area (Å²) >= 11 is 0. The smallest absolute Gasteiger partial charge is 0.339 e. The summed E-state index contributed by atoms with van der Waals surface area (Å²) in [5.41, 5.74) is 1.30. The third-order valence-electron chi connectivity index (χ3n) is 1.74. The molecule has 0 spiro atoms. The first-order valence-electron chi connectivity index (χ1n) is 4.67. The van der Waals surface area contributed by atoms with Crippen molar-refractivity contribution in [2.24, 2.45) is 0 Å². The Balaban J connectivity index is 0.000000253. The molecular weight excluding hydrogens is 264 g/mol. The van der Waals surface area contributed by atoms with Crippen molar-refractivity contribution in [2.45, 2.75) is 6.42 Å². The number of benzene rings is 2. The van der Waals surface area contributed by atoms with Gasteiger partial charge >= 0.3 is 21.1 Å². The maximum absolute atomic E-state index is 3.76. The number of hydrogen-bond acceptors (Lipinski definition) is 0. The maximum Gasteiger partial charge on any atom is 2.00 e. The van der Waals surface area contributed by atoms with Crippen LogP contribution in [0.5, 0.6) is 0 Å². The van der Waals surface area contributed by atoms with Gasteiger partial charge in [-0.05, 0) is 0 Å². The second kappa shape index (κ2) is 9.67. The zero-order valence-corrected chi connectivity index (χ0v) is 10.6. The van der Waals surface area contributed by atoms with E-state index in [4.69, 9.17) is 0 Å². The zero-order valence-electron chi connectivity index (χ0n) is 8.60. The van der Waals surface area contributed by atoms with Crippen molar-refractivity contribution < 1.29 is 21.1 Å². The maximum atomic E-state index is 3.76. The molecule has 0 bridgehead atoms. The molecule has 0 heterocycles. The van der Waals surface area contributed by atoms with Crippen LogP contribution in [0.15, 0.2) is 60.7 Å². The van der Waals surface area contributed by atoms with Crippen molar-refractivity contribution in [1.29, 1.82) is 0 Å². The fourth-order valence-corrected chi connectivity index (χ4v) is 0.987. The minimum atomic E-state index is 0. The number of rotatable bonds is 1. The predicted molar refractivity (Wildman–Crippen MR) is 60.8 cm³/mol. The molecule has 0 nitrogen and oxygen atoms in total. The molecule has 0 radical (unpaired) electrons. The van der Waals surface area contributed by atoms with Crippen LogP contribution in [0.1, 0.15) is 5.56 Å². The largest absolute Gasteiger partial charge is 2.00 e. The van der Waals surface area contributed by atoms with Crippen LogP contribution in [0.3, 0.4) is 0 Å². The SMILES string of the molecule is [CH2-]Cc1ccccc1.[Mo+2].[c-]1ccccc1. The molecule has 15 heavy (non-hydrogen) atoms. The Kier molecular flexibility index (Phi) is 9.11. The summed E-state index contributed by atoms with van der Waals surface area (Å²) in [4.78, 5) is 0. The molecule has 0 aromatic heterocycles. The van der Waals surface area contributed by atoms with Gasteiger partial charge < -0.3 is 6.92 Å². The Hall–Kier alpha value is -0.872. The summed E-state index contributed by atoms with van der Waals surface area (Å²) in [5.74, 6) is 0. The van der Waals surface area contributed by atoms with Gasteiger partial charge in [0.25, 0.3) is 0 Å². The first-order valence-corrected chi connectivity index (χ1v) is 4.67. The van der Waals surface area contributed by atoms with E-state index in [1.165, 1.54) is 5.56 Å². The van der Waals surface area contributed by atoms with Crippen LogP contribution in [0.25, 0.3) is 0 Å². The molecule has 0 N–H and O–H groups in total. The van der Waals surface area contributed by atoms with E-state index < -0.39 is 0 Å². The normalized spacial score (nSPS) is 8.07. The van der Waals surface area contributed by atoms with Gasteiger partial charge in [-0.1, -0.05) is 35.9 Å². The summed E-state index contributed by atoms with van der Waals surface area (Å²) in [6.07, 6.45) is 0.890. The first kappa shape index (κ1) is 14.1. The predicted octanol–water partition coefficient (Wildman–Crippen LogP) is 3.55. The average molecular weight is 278 g/mol. The zero-order chi connectivity index (χ0) is 10.1. The van der Waals surface area contributed by atoms with Crippen molar-refractivity contribution in [3.05, 3.63) is 79.2 Å². The van der Waals surface area contributed by atoms with Crippen LogP contribution < -0.4 is 0 Å². The molecular formula is C14H14Mo. The fraction of sp³-hybridized carbons (Fsp3) is 0.0714. The van der Waals surface area contributed by atoms with Crippen LogP contribution in [-0.2, 0) is 27.5 Å². The van der Waals surface area contributed by atoms with E-state index >= 15 is 0 Å². The van der Waals surface area contributed by atoms with E-state index in [1.807, 2.05) is 48.5 Å². The van der Waals surface area contributed by atoms with Crippen molar-refractivity contribution in [2.75, 3.05) is 0 Å². The molecule has 2 rings (SSSR count). The van der Waals surface area contributed by atoms with E-state index in [0.717, 1.165) is 6.42 Å². The number of hydrogen-bond donors (Lipinski definition) is 0. The molecule has 0 unspecified atom stereocenters. The van der Waals surface area contributed by atoms with Crippen LogP contribution >= 0.6 is 0 Å². The Morgan fingerprint density at radius 1 is 0.867 bits per heavy atom. The van der Waals surface area contributed by atoms with E-state index in [9.17, 15) is 0 Å². The quantitative estimate of drug-likeness (QED) is 0.553. The third-order valence-corrected chi connectivity index (χ3v) is 1.74. The Bertz CT molecular complexity index is 289. The minimum Gasteiger partial charge on any atom is -0.339 e. The molecule has 0 aliphatic heterocycles. The van der Waals surface area contributed by atoms with Crippen molar-refractivity contribution in [3.8, 4) is 0 Å². The van der Waals surface area contributed by atoms with Gasteiger partial charge in [0.15, 0.2) is 0 Å². The summed E-state index contributed by atoms with van der Waals surface area (Å²) in [6, 6.07) is 22.7. The summed E-state index contributed by atoms with van der Waals surface area (Å²) in [6.45, 7) is 3.76.